The lowest BCUT2D eigenvalue weighted by Gasteiger charge is -2.27. The molecule has 1 aromatic carbocycles. The number of nitrogen functional groups attached to an aromatic ring is 1. The predicted octanol–water partition coefficient (Wildman–Crippen LogP) is 3.42. The van der Waals surface area contributed by atoms with Crippen LogP contribution in [0.3, 0.4) is 0 Å². The minimum atomic E-state index is -3.89. The van der Waals surface area contributed by atoms with E-state index in [2.05, 4.69) is 27.6 Å². The molecule has 118 valence electrons. The molecular formula is C14H20BrFN2O2S. The van der Waals surface area contributed by atoms with Gasteiger partial charge in [-0.3, -0.25) is 0 Å². The van der Waals surface area contributed by atoms with Gasteiger partial charge in [-0.15, -0.1) is 0 Å². The molecule has 0 aromatic heterocycles. The van der Waals surface area contributed by atoms with Crippen LogP contribution < -0.4 is 10.5 Å². The average molecular weight is 379 g/mol. The first-order valence-electron chi connectivity index (χ1n) is 7.04. The van der Waals surface area contributed by atoms with Crippen LogP contribution in [-0.2, 0) is 10.0 Å². The summed E-state index contributed by atoms with van der Waals surface area (Å²) in [6, 6.07) is 2.23. The Labute approximate surface area is 133 Å². The van der Waals surface area contributed by atoms with Crippen molar-refractivity contribution >= 4 is 31.6 Å². The fraction of sp³-hybridized carbons (Fsp3) is 0.571. The SMILES string of the molecule is CCC1(CNS(=O)(=O)c2cc(N)c(Br)cc2F)CCCC1. The number of nitrogens with one attached hydrogen (secondary N) is 1. The minimum absolute atomic E-state index is 0.00442. The molecule has 21 heavy (non-hydrogen) atoms. The van der Waals surface area contributed by atoms with Crippen LogP contribution in [0, 0.1) is 11.2 Å². The highest BCUT2D eigenvalue weighted by Gasteiger charge is 2.33. The lowest BCUT2D eigenvalue weighted by atomic mass is 9.84. The summed E-state index contributed by atoms with van der Waals surface area (Å²) >= 11 is 3.08. The second-order valence-corrected chi connectivity index (χ2v) is 8.28. The van der Waals surface area contributed by atoms with Gasteiger partial charge in [0, 0.05) is 16.7 Å². The Morgan fingerprint density at radius 3 is 2.57 bits per heavy atom. The van der Waals surface area contributed by atoms with E-state index in [9.17, 15) is 12.8 Å². The summed E-state index contributed by atoms with van der Waals surface area (Å²) in [7, 11) is -3.89. The maximum atomic E-state index is 13.9. The molecule has 0 atom stereocenters. The zero-order valence-corrected chi connectivity index (χ0v) is 14.4. The molecule has 2 rings (SSSR count). The number of nitrogens with two attached hydrogens (primary N) is 1. The van der Waals surface area contributed by atoms with Crippen molar-refractivity contribution in [1.82, 2.24) is 4.72 Å². The van der Waals surface area contributed by atoms with E-state index in [1.54, 1.807) is 0 Å². The first-order chi connectivity index (χ1) is 9.80. The van der Waals surface area contributed by atoms with Crippen molar-refractivity contribution in [3.05, 3.63) is 22.4 Å². The Morgan fingerprint density at radius 1 is 1.38 bits per heavy atom. The van der Waals surface area contributed by atoms with E-state index in [0.29, 0.717) is 11.0 Å². The maximum Gasteiger partial charge on any atom is 0.243 e. The highest BCUT2D eigenvalue weighted by molar-refractivity contribution is 9.10. The largest absolute Gasteiger partial charge is 0.398 e. The molecule has 1 aliphatic carbocycles. The summed E-state index contributed by atoms with van der Waals surface area (Å²) in [5.41, 5.74) is 5.85. The Morgan fingerprint density at radius 2 is 2.00 bits per heavy atom. The summed E-state index contributed by atoms with van der Waals surface area (Å²) in [5, 5.41) is 0. The van der Waals surface area contributed by atoms with Gasteiger partial charge in [0.1, 0.15) is 10.7 Å². The van der Waals surface area contributed by atoms with Crippen LogP contribution in [0.15, 0.2) is 21.5 Å². The maximum absolute atomic E-state index is 13.9. The average Bonchev–Trinajstić information content (AvgIpc) is 2.90. The molecular weight excluding hydrogens is 359 g/mol. The number of hydrogen-bond donors (Lipinski definition) is 2. The molecule has 0 saturated heterocycles. The van der Waals surface area contributed by atoms with Gasteiger partial charge < -0.3 is 5.73 Å². The molecule has 4 nitrogen and oxygen atoms in total. The number of anilines is 1. The molecule has 0 amide bonds. The number of sulfonamides is 1. The van der Waals surface area contributed by atoms with E-state index in [0.717, 1.165) is 44.2 Å². The first-order valence-corrected chi connectivity index (χ1v) is 9.31. The zero-order chi connectivity index (χ0) is 15.7. The molecule has 1 fully saturated rings. The van der Waals surface area contributed by atoms with Crippen LogP contribution in [0.4, 0.5) is 10.1 Å². The minimum Gasteiger partial charge on any atom is -0.398 e. The van der Waals surface area contributed by atoms with Gasteiger partial charge in [-0.05, 0) is 52.7 Å². The van der Waals surface area contributed by atoms with Crippen molar-refractivity contribution < 1.29 is 12.8 Å². The van der Waals surface area contributed by atoms with Crippen molar-refractivity contribution in [3.63, 3.8) is 0 Å². The van der Waals surface area contributed by atoms with Crippen molar-refractivity contribution in [2.45, 2.75) is 43.9 Å². The molecule has 0 bridgehead atoms. The Kier molecular flexibility index (Phi) is 4.95. The standard InChI is InChI=1S/C14H20BrFN2O2S/c1-2-14(5-3-4-6-14)9-18-21(19,20)13-8-12(17)10(15)7-11(13)16/h7-8,18H,2-6,9,17H2,1H3. The molecule has 0 spiro atoms. The number of hydrogen-bond acceptors (Lipinski definition) is 3. The van der Waals surface area contributed by atoms with Crippen molar-refractivity contribution in [2.24, 2.45) is 5.41 Å². The van der Waals surface area contributed by atoms with E-state index < -0.39 is 20.7 Å². The summed E-state index contributed by atoms with van der Waals surface area (Å²) in [4.78, 5) is -0.396. The van der Waals surface area contributed by atoms with Crippen LogP contribution in [0.1, 0.15) is 39.0 Å². The topological polar surface area (TPSA) is 72.2 Å². The van der Waals surface area contributed by atoms with Gasteiger partial charge in [0.05, 0.1) is 0 Å². The van der Waals surface area contributed by atoms with Gasteiger partial charge in [0.15, 0.2) is 0 Å². The summed E-state index contributed by atoms with van der Waals surface area (Å²) < 4.78 is 41.4. The second kappa shape index (κ2) is 6.22. The lowest BCUT2D eigenvalue weighted by molar-refractivity contribution is 0.285. The van der Waals surface area contributed by atoms with Crippen molar-refractivity contribution in [3.8, 4) is 0 Å². The van der Waals surface area contributed by atoms with Crippen LogP contribution in [0.2, 0.25) is 0 Å². The number of halogens is 2. The molecule has 0 aliphatic heterocycles. The van der Waals surface area contributed by atoms with E-state index >= 15 is 0 Å². The van der Waals surface area contributed by atoms with Gasteiger partial charge in [0.2, 0.25) is 10.0 Å². The van der Waals surface area contributed by atoms with Gasteiger partial charge in [-0.2, -0.15) is 0 Å². The fourth-order valence-electron chi connectivity index (χ4n) is 2.86. The predicted molar refractivity (Wildman–Crippen MR) is 84.9 cm³/mol. The molecule has 7 heteroatoms. The van der Waals surface area contributed by atoms with Gasteiger partial charge in [-0.25, -0.2) is 17.5 Å². The highest BCUT2D eigenvalue weighted by Crippen LogP contribution is 2.40. The van der Waals surface area contributed by atoms with Crippen LogP contribution >= 0.6 is 15.9 Å². The summed E-state index contributed by atoms with van der Waals surface area (Å²) in [5.74, 6) is -0.805. The van der Waals surface area contributed by atoms with E-state index in [-0.39, 0.29) is 11.1 Å². The Balaban J connectivity index is 2.21. The van der Waals surface area contributed by atoms with Crippen LogP contribution in [0.5, 0.6) is 0 Å². The molecule has 1 saturated carbocycles. The second-order valence-electron chi connectivity index (χ2n) is 5.69. The third-order valence-corrected chi connectivity index (χ3v) is 6.50. The smallest absolute Gasteiger partial charge is 0.243 e. The van der Waals surface area contributed by atoms with Crippen LogP contribution in [-0.4, -0.2) is 15.0 Å². The van der Waals surface area contributed by atoms with E-state index in [1.165, 1.54) is 0 Å². The molecule has 1 aromatic rings. The third kappa shape index (κ3) is 3.57. The normalized spacial score (nSPS) is 18.0. The number of benzene rings is 1. The Bertz CT molecular complexity index is 628. The van der Waals surface area contributed by atoms with Gasteiger partial charge in [-0.1, -0.05) is 19.8 Å². The van der Waals surface area contributed by atoms with Gasteiger partial charge in [0.25, 0.3) is 0 Å². The molecule has 0 heterocycles. The van der Waals surface area contributed by atoms with Gasteiger partial charge >= 0.3 is 0 Å². The van der Waals surface area contributed by atoms with E-state index in [4.69, 9.17) is 5.73 Å². The van der Waals surface area contributed by atoms with Crippen LogP contribution in [0.25, 0.3) is 0 Å². The van der Waals surface area contributed by atoms with Crippen molar-refractivity contribution in [1.29, 1.82) is 0 Å². The fourth-order valence-corrected chi connectivity index (χ4v) is 4.42. The molecule has 0 unspecified atom stereocenters. The zero-order valence-electron chi connectivity index (χ0n) is 12.0. The third-order valence-electron chi connectivity index (χ3n) is 4.39. The quantitative estimate of drug-likeness (QED) is 0.770. The molecule has 0 radical (unpaired) electrons. The Hall–Kier alpha value is -0.660. The summed E-state index contributed by atoms with van der Waals surface area (Å²) in [6.45, 7) is 2.42. The molecule has 1 aliphatic rings. The summed E-state index contributed by atoms with van der Waals surface area (Å²) in [6.07, 6.45) is 5.18. The monoisotopic (exact) mass is 378 g/mol. The first kappa shape index (κ1) is 16.7. The number of rotatable bonds is 5. The lowest BCUT2D eigenvalue weighted by Crippen LogP contribution is -2.36. The van der Waals surface area contributed by atoms with Crippen molar-refractivity contribution in [2.75, 3.05) is 12.3 Å². The molecule has 3 N–H and O–H groups in total. The highest BCUT2D eigenvalue weighted by atomic mass is 79.9. The van der Waals surface area contributed by atoms with E-state index in [1.807, 2.05) is 0 Å².